The van der Waals surface area contributed by atoms with Gasteiger partial charge in [0.05, 0.1) is 17.5 Å². The third-order valence-electron chi connectivity index (χ3n) is 3.93. The summed E-state index contributed by atoms with van der Waals surface area (Å²) in [6.07, 6.45) is 3.80. The summed E-state index contributed by atoms with van der Waals surface area (Å²) >= 11 is 1.48. The molecule has 3 heterocycles. The van der Waals surface area contributed by atoms with Crippen LogP contribution in [0.15, 0.2) is 41.8 Å². The van der Waals surface area contributed by atoms with Crippen molar-refractivity contribution < 1.29 is 4.79 Å². The van der Waals surface area contributed by atoms with E-state index in [0.717, 1.165) is 34.2 Å². The maximum Gasteiger partial charge on any atom is 0.175 e. The van der Waals surface area contributed by atoms with E-state index in [9.17, 15) is 4.79 Å². The lowest BCUT2D eigenvalue weighted by atomic mass is 10.2. The van der Waals surface area contributed by atoms with Crippen molar-refractivity contribution in [1.29, 1.82) is 0 Å². The van der Waals surface area contributed by atoms with E-state index in [1.807, 2.05) is 54.9 Å². The number of nitrogens with zero attached hydrogens (tertiary/aromatic N) is 3. The number of Topliss-reactive ketones (excluding diaryl/α,β-unsaturated/α-hetero) is 1. The van der Waals surface area contributed by atoms with Crippen molar-refractivity contribution in [2.45, 2.75) is 32.5 Å². The van der Waals surface area contributed by atoms with Crippen molar-refractivity contribution in [3.05, 3.63) is 53.6 Å². The number of carbonyl (C=O) groups excluding carboxylic acids is 1. The number of ketones is 1. The van der Waals surface area contributed by atoms with Gasteiger partial charge in [0.2, 0.25) is 0 Å². The Hall–Kier alpha value is -2.01. The molecule has 0 saturated carbocycles. The maximum absolute atomic E-state index is 12.5. The Balaban J connectivity index is 1.78. The minimum atomic E-state index is 0.158. The van der Waals surface area contributed by atoms with Gasteiger partial charge >= 0.3 is 0 Å². The number of imidazole rings is 1. The lowest BCUT2D eigenvalue weighted by Gasteiger charge is -2.05. The molecule has 0 aliphatic rings. The second-order valence-electron chi connectivity index (χ2n) is 5.28. The Morgan fingerprint density at radius 1 is 1.32 bits per heavy atom. The van der Waals surface area contributed by atoms with Gasteiger partial charge in [0.1, 0.15) is 0 Å². The molecule has 0 amide bonds. The van der Waals surface area contributed by atoms with Gasteiger partial charge in [0.25, 0.3) is 0 Å². The van der Waals surface area contributed by atoms with E-state index in [1.54, 1.807) is 0 Å². The molecule has 0 aromatic carbocycles. The summed E-state index contributed by atoms with van der Waals surface area (Å²) in [6.45, 7) is 7.05. The van der Waals surface area contributed by atoms with Crippen molar-refractivity contribution in [1.82, 2.24) is 14.0 Å². The van der Waals surface area contributed by atoms with Crippen LogP contribution in [-0.4, -0.2) is 25.5 Å². The molecule has 0 radical (unpaired) electrons. The molecule has 0 fully saturated rings. The molecular weight excluding hydrogens is 294 g/mol. The first kappa shape index (κ1) is 14.9. The number of aromatic nitrogens is 3. The monoisotopic (exact) mass is 313 g/mol. The van der Waals surface area contributed by atoms with Crippen LogP contribution in [0.2, 0.25) is 0 Å². The number of rotatable bonds is 5. The van der Waals surface area contributed by atoms with Crippen LogP contribution in [0, 0.1) is 13.8 Å². The highest BCUT2D eigenvalue weighted by molar-refractivity contribution is 7.99. The van der Waals surface area contributed by atoms with Crippen LogP contribution in [-0.2, 0) is 6.54 Å². The first-order valence-electron chi connectivity index (χ1n) is 7.36. The molecule has 114 valence electrons. The Labute approximate surface area is 134 Å². The fourth-order valence-electron chi connectivity index (χ4n) is 2.80. The summed E-state index contributed by atoms with van der Waals surface area (Å²) in [5.74, 6) is 0.563. The van der Waals surface area contributed by atoms with E-state index in [1.165, 1.54) is 11.8 Å². The van der Waals surface area contributed by atoms with Gasteiger partial charge in [0.15, 0.2) is 10.9 Å². The van der Waals surface area contributed by atoms with Crippen molar-refractivity contribution in [2.75, 3.05) is 5.75 Å². The summed E-state index contributed by atoms with van der Waals surface area (Å²) in [5.41, 5.74) is 4.06. The summed E-state index contributed by atoms with van der Waals surface area (Å²) < 4.78 is 4.18. The molecule has 0 bridgehead atoms. The van der Waals surface area contributed by atoms with E-state index in [2.05, 4.69) is 16.5 Å². The van der Waals surface area contributed by atoms with Crippen molar-refractivity contribution in [2.24, 2.45) is 0 Å². The third-order valence-corrected chi connectivity index (χ3v) is 4.89. The number of aryl methyl sites for hydroxylation is 1. The largest absolute Gasteiger partial charge is 0.349 e. The Morgan fingerprint density at radius 2 is 2.14 bits per heavy atom. The Bertz CT molecular complexity index is 832. The number of pyridine rings is 1. The van der Waals surface area contributed by atoms with Crippen LogP contribution in [0.1, 0.15) is 28.7 Å². The minimum Gasteiger partial charge on any atom is -0.349 e. The highest BCUT2D eigenvalue weighted by Crippen LogP contribution is 2.22. The summed E-state index contributed by atoms with van der Waals surface area (Å²) in [6, 6.07) is 7.95. The Morgan fingerprint density at radius 3 is 2.86 bits per heavy atom. The quantitative estimate of drug-likeness (QED) is 0.532. The summed E-state index contributed by atoms with van der Waals surface area (Å²) in [4.78, 5) is 16.9. The SMILES string of the molecule is CCn1c(C)cc(C(=O)CSc2ncc3ccccn23)c1C. The molecule has 22 heavy (non-hydrogen) atoms. The van der Waals surface area contributed by atoms with Crippen molar-refractivity contribution in [3.8, 4) is 0 Å². The highest BCUT2D eigenvalue weighted by Gasteiger charge is 2.16. The van der Waals surface area contributed by atoms with Gasteiger partial charge < -0.3 is 4.57 Å². The van der Waals surface area contributed by atoms with Crippen molar-refractivity contribution >= 4 is 23.1 Å². The van der Waals surface area contributed by atoms with E-state index in [0.29, 0.717) is 5.75 Å². The van der Waals surface area contributed by atoms with Gasteiger partial charge in [-0.15, -0.1) is 0 Å². The molecule has 0 atom stereocenters. The molecule has 0 unspecified atom stereocenters. The zero-order valence-electron chi connectivity index (χ0n) is 13.0. The topological polar surface area (TPSA) is 39.3 Å². The minimum absolute atomic E-state index is 0.158. The average molecular weight is 313 g/mol. The second-order valence-corrected chi connectivity index (χ2v) is 6.22. The number of hydrogen-bond donors (Lipinski definition) is 0. The van der Waals surface area contributed by atoms with Gasteiger partial charge in [-0.05, 0) is 39.0 Å². The lowest BCUT2D eigenvalue weighted by Crippen LogP contribution is -2.06. The van der Waals surface area contributed by atoms with Gasteiger partial charge in [0, 0.05) is 29.7 Å². The third kappa shape index (κ3) is 2.57. The molecule has 3 aromatic rings. The van der Waals surface area contributed by atoms with Crippen LogP contribution >= 0.6 is 11.8 Å². The highest BCUT2D eigenvalue weighted by atomic mass is 32.2. The second kappa shape index (κ2) is 6.01. The molecule has 0 N–H and O–H groups in total. The zero-order chi connectivity index (χ0) is 15.7. The number of carbonyl (C=O) groups is 1. The molecular formula is C17H19N3OS. The van der Waals surface area contributed by atoms with Gasteiger partial charge in [-0.3, -0.25) is 9.20 Å². The van der Waals surface area contributed by atoms with Gasteiger partial charge in [-0.25, -0.2) is 4.98 Å². The summed E-state index contributed by atoms with van der Waals surface area (Å²) in [7, 11) is 0. The summed E-state index contributed by atoms with van der Waals surface area (Å²) in [5, 5.41) is 0.855. The first-order chi connectivity index (χ1) is 10.6. The lowest BCUT2D eigenvalue weighted by molar-refractivity contribution is 0.102. The van der Waals surface area contributed by atoms with Crippen LogP contribution in [0.5, 0.6) is 0 Å². The van der Waals surface area contributed by atoms with Crippen LogP contribution < -0.4 is 0 Å². The fourth-order valence-corrected chi connectivity index (χ4v) is 3.65. The van der Waals surface area contributed by atoms with Crippen LogP contribution in [0.3, 0.4) is 0 Å². The molecule has 0 aliphatic carbocycles. The standard InChI is InChI=1S/C17H19N3OS/c1-4-19-12(2)9-15(13(19)3)16(21)11-22-17-18-10-14-7-5-6-8-20(14)17/h5-10H,4,11H2,1-3H3. The van der Waals surface area contributed by atoms with E-state index in [-0.39, 0.29) is 5.78 Å². The number of hydrogen-bond acceptors (Lipinski definition) is 3. The van der Waals surface area contributed by atoms with Crippen molar-refractivity contribution in [3.63, 3.8) is 0 Å². The molecule has 4 nitrogen and oxygen atoms in total. The van der Waals surface area contributed by atoms with E-state index < -0.39 is 0 Å². The van der Waals surface area contributed by atoms with Gasteiger partial charge in [-0.2, -0.15) is 0 Å². The molecule has 5 heteroatoms. The normalized spacial score (nSPS) is 11.2. The molecule has 0 spiro atoms. The first-order valence-corrected chi connectivity index (χ1v) is 8.35. The fraction of sp³-hybridized carbons (Fsp3) is 0.294. The average Bonchev–Trinajstić information content (AvgIpc) is 3.06. The predicted molar refractivity (Wildman–Crippen MR) is 89.8 cm³/mol. The van der Waals surface area contributed by atoms with Crippen LogP contribution in [0.4, 0.5) is 0 Å². The molecule has 0 aliphatic heterocycles. The van der Waals surface area contributed by atoms with Crippen LogP contribution in [0.25, 0.3) is 5.52 Å². The predicted octanol–water partition coefficient (Wildman–Crippen LogP) is 3.75. The van der Waals surface area contributed by atoms with E-state index in [4.69, 9.17) is 0 Å². The smallest absolute Gasteiger partial charge is 0.175 e. The number of thioether (sulfide) groups is 1. The maximum atomic E-state index is 12.5. The zero-order valence-corrected chi connectivity index (χ0v) is 13.9. The Kier molecular flexibility index (Phi) is 4.07. The molecule has 3 aromatic heterocycles. The number of fused-ring (bicyclic) bond motifs is 1. The molecule has 0 saturated heterocycles. The van der Waals surface area contributed by atoms with Gasteiger partial charge in [-0.1, -0.05) is 17.8 Å². The molecule has 3 rings (SSSR count). The van der Waals surface area contributed by atoms with E-state index >= 15 is 0 Å².